The SMILES string of the molecule is Cc1ccc(NC(=O)C=Cc2cccc(Br)c2)cc1Cl. The van der Waals surface area contributed by atoms with E-state index in [1.54, 1.807) is 12.1 Å². The topological polar surface area (TPSA) is 29.1 Å². The zero-order valence-electron chi connectivity index (χ0n) is 10.9. The van der Waals surface area contributed by atoms with Crippen molar-refractivity contribution in [1.29, 1.82) is 0 Å². The molecule has 0 aromatic heterocycles. The molecule has 2 rings (SSSR count). The maximum Gasteiger partial charge on any atom is 0.248 e. The van der Waals surface area contributed by atoms with Crippen LogP contribution in [-0.4, -0.2) is 5.91 Å². The summed E-state index contributed by atoms with van der Waals surface area (Å²) < 4.78 is 0.977. The summed E-state index contributed by atoms with van der Waals surface area (Å²) in [5.41, 5.74) is 2.62. The number of hydrogen-bond acceptors (Lipinski definition) is 1. The molecule has 1 N–H and O–H groups in total. The number of carbonyl (C=O) groups excluding carboxylic acids is 1. The Morgan fingerprint density at radius 3 is 2.75 bits per heavy atom. The van der Waals surface area contributed by atoms with Crippen LogP contribution >= 0.6 is 27.5 Å². The molecule has 0 aliphatic rings. The minimum absolute atomic E-state index is 0.190. The molecule has 0 saturated heterocycles. The lowest BCUT2D eigenvalue weighted by molar-refractivity contribution is -0.111. The van der Waals surface area contributed by atoms with Crippen molar-refractivity contribution in [2.24, 2.45) is 0 Å². The zero-order valence-corrected chi connectivity index (χ0v) is 13.2. The van der Waals surface area contributed by atoms with Crippen molar-refractivity contribution in [2.45, 2.75) is 6.92 Å². The molecule has 0 fully saturated rings. The Bertz CT molecular complexity index is 667. The van der Waals surface area contributed by atoms with Crippen LogP contribution in [0.2, 0.25) is 5.02 Å². The highest BCUT2D eigenvalue weighted by Crippen LogP contribution is 2.20. The largest absolute Gasteiger partial charge is 0.322 e. The van der Waals surface area contributed by atoms with Crippen LogP contribution in [0.1, 0.15) is 11.1 Å². The summed E-state index contributed by atoms with van der Waals surface area (Å²) >= 11 is 9.40. The van der Waals surface area contributed by atoms with E-state index >= 15 is 0 Å². The van der Waals surface area contributed by atoms with Crippen molar-refractivity contribution in [3.63, 3.8) is 0 Å². The molecular weight excluding hydrogens is 338 g/mol. The van der Waals surface area contributed by atoms with Crippen LogP contribution in [0.5, 0.6) is 0 Å². The molecular formula is C16H13BrClNO. The molecule has 0 heterocycles. The molecule has 2 aromatic rings. The van der Waals surface area contributed by atoms with Gasteiger partial charge in [0, 0.05) is 21.3 Å². The standard InChI is InChI=1S/C16H13BrClNO/c1-11-5-7-14(10-15(11)18)19-16(20)8-6-12-3-2-4-13(17)9-12/h2-10H,1H3,(H,19,20). The Morgan fingerprint density at radius 1 is 1.25 bits per heavy atom. The van der Waals surface area contributed by atoms with Crippen LogP contribution in [0.3, 0.4) is 0 Å². The Kier molecular flexibility index (Phi) is 4.99. The number of hydrogen-bond donors (Lipinski definition) is 1. The second kappa shape index (κ2) is 6.73. The minimum atomic E-state index is -0.190. The van der Waals surface area contributed by atoms with Crippen LogP contribution in [0.4, 0.5) is 5.69 Å². The fourth-order valence-electron chi connectivity index (χ4n) is 1.64. The van der Waals surface area contributed by atoms with E-state index in [1.165, 1.54) is 6.08 Å². The molecule has 0 unspecified atom stereocenters. The number of nitrogens with one attached hydrogen (secondary N) is 1. The smallest absolute Gasteiger partial charge is 0.248 e. The van der Waals surface area contributed by atoms with Crippen molar-refractivity contribution in [1.82, 2.24) is 0 Å². The van der Waals surface area contributed by atoms with Gasteiger partial charge in [-0.2, -0.15) is 0 Å². The Hall–Kier alpha value is -1.58. The van der Waals surface area contributed by atoms with E-state index in [-0.39, 0.29) is 5.91 Å². The molecule has 2 nitrogen and oxygen atoms in total. The maximum atomic E-state index is 11.8. The third-order valence-electron chi connectivity index (χ3n) is 2.72. The Labute approximate surface area is 131 Å². The maximum absolute atomic E-state index is 11.8. The van der Waals surface area contributed by atoms with Gasteiger partial charge in [-0.3, -0.25) is 4.79 Å². The Balaban J connectivity index is 2.03. The molecule has 1 amide bonds. The number of amides is 1. The number of halogens is 2. The first-order valence-corrected chi connectivity index (χ1v) is 7.22. The summed E-state index contributed by atoms with van der Waals surface area (Å²) in [5.74, 6) is -0.190. The molecule has 0 radical (unpaired) electrons. The second-order valence-electron chi connectivity index (χ2n) is 4.34. The normalized spacial score (nSPS) is 10.8. The lowest BCUT2D eigenvalue weighted by Gasteiger charge is -2.04. The van der Waals surface area contributed by atoms with Crippen molar-refractivity contribution in [2.75, 3.05) is 5.32 Å². The van der Waals surface area contributed by atoms with E-state index < -0.39 is 0 Å². The first-order chi connectivity index (χ1) is 9.54. The van der Waals surface area contributed by atoms with Crippen molar-refractivity contribution in [3.05, 3.63) is 69.2 Å². The third kappa shape index (κ3) is 4.22. The van der Waals surface area contributed by atoms with Gasteiger partial charge in [-0.05, 0) is 48.4 Å². The molecule has 0 atom stereocenters. The molecule has 0 saturated carbocycles. The zero-order chi connectivity index (χ0) is 14.5. The van der Waals surface area contributed by atoms with Crippen molar-refractivity contribution < 1.29 is 4.79 Å². The van der Waals surface area contributed by atoms with Crippen LogP contribution < -0.4 is 5.32 Å². The first kappa shape index (κ1) is 14.8. The third-order valence-corrected chi connectivity index (χ3v) is 3.62. The molecule has 0 bridgehead atoms. The number of carbonyl (C=O) groups is 1. The molecule has 0 aliphatic heterocycles. The highest BCUT2D eigenvalue weighted by molar-refractivity contribution is 9.10. The van der Waals surface area contributed by atoms with Gasteiger partial charge in [-0.25, -0.2) is 0 Å². The van der Waals surface area contributed by atoms with E-state index in [0.717, 1.165) is 15.6 Å². The average Bonchev–Trinajstić information content (AvgIpc) is 2.41. The number of aryl methyl sites for hydroxylation is 1. The molecule has 0 aliphatic carbocycles. The highest BCUT2D eigenvalue weighted by atomic mass is 79.9. The van der Waals surface area contributed by atoms with Gasteiger partial charge in [-0.1, -0.05) is 45.7 Å². The van der Waals surface area contributed by atoms with Crippen LogP contribution in [0.25, 0.3) is 6.08 Å². The summed E-state index contributed by atoms with van der Waals surface area (Å²) in [7, 11) is 0. The van der Waals surface area contributed by atoms with Gasteiger partial charge < -0.3 is 5.32 Å². The molecule has 20 heavy (non-hydrogen) atoms. The number of rotatable bonds is 3. The van der Waals surface area contributed by atoms with E-state index in [0.29, 0.717) is 10.7 Å². The molecule has 4 heteroatoms. The van der Waals surface area contributed by atoms with Crippen molar-refractivity contribution >= 4 is 45.2 Å². The van der Waals surface area contributed by atoms with E-state index in [4.69, 9.17) is 11.6 Å². The second-order valence-corrected chi connectivity index (χ2v) is 5.66. The lowest BCUT2D eigenvalue weighted by Crippen LogP contribution is -2.07. The Morgan fingerprint density at radius 2 is 2.05 bits per heavy atom. The van der Waals surface area contributed by atoms with Gasteiger partial charge in [0.15, 0.2) is 0 Å². The summed E-state index contributed by atoms with van der Waals surface area (Å²) in [6.07, 6.45) is 3.26. The van der Waals surface area contributed by atoms with Gasteiger partial charge in [0.2, 0.25) is 5.91 Å². The first-order valence-electron chi connectivity index (χ1n) is 6.05. The van der Waals surface area contributed by atoms with E-state index in [1.807, 2.05) is 43.3 Å². The predicted molar refractivity (Wildman–Crippen MR) is 88.0 cm³/mol. The number of benzene rings is 2. The molecule has 102 valence electrons. The lowest BCUT2D eigenvalue weighted by atomic mass is 10.2. The average molecular weight is 351 g/mol. The molecule has 0 spiro atoms. The minimum Gasteiger partial charge on any atom is -0.322 e. The number of anilines is 1. The monoisotopic (exact) mass is 349 g/mol. The predicted octanol–water partition coefficient (Wildman–Crippen LogP) is 5.06. The fraction of sp³-hybridized carbons (Fsp3) is 0.0625. The fourth-order valence-corrected chi connectivity index (χ4v) is 2.23. The highest BCUT2D eigenvalue weighted by Gasteiger charge is 2.00. The van der Waals surface area contributed by atoms with E-state index in [2.05, 4.69) is 21.2 Å². The van der Waals surface area contributed by atoms with Crippen molar-refractivity contribution in [3.8, 4) is 0 Å². The molecule has 2 aromatic carbocycles. The van der Waals surface area contributed by atoms with Crippen LogP contribution in [-0.2, 0) is 4.79 Å². The van der Waals surface area contributed by atoms with Crippen LogP contribution in [0.15, 0.2) is 53.0 Å². The van der Waals surface area contributed by atoms with Gasteiger partial charge in [0.25, 0.3) is 0 Å². The van der Waals surface area contributed by atoms with Gasteiger partial charge >= 0.3 is 0 Å². The van der Waals surface area contributed by atoms with Crippen LogP contribution in [0, 0.1) is 6.92 Å². The summed E-state index contributed by atoms with van der Waals surface area (Å²) in [6, 6.07) is 13.2. The summed E-state index contributed by atoms with van der Waals surface area (Å²) in [4.78, 5) is 11.8. The van der Waals surface area contributed by atoms with E-state index in [9.17, 15) is 4.79 Å². The summed E-state index contributed by atoms with van der Waals surface area (Å²) in [5, 5.41) is 3.41. The quantitative estimate of drug-likeness (QED) is 0.770. The van der Waals surface area contributed by atoms with Gasteiger partial charge in [0.05, 0.1) is 0 Å². The van der Waals surface area contributed by atoms with Gasteiger partial charge in [-0.15, -0.1) is 0 Å². The summed E-state index contributed by atoms with van der Waals surface area (Å²) in [6.45, 7) is 1.92. The van der Waals surface area contributed by atoms with Gasteiger partial charge in [0.1, 0.15) is 0 Å².